The van der Waals surface area contributed by atoms with Crippen LogP contribution in [0.25, 0.3) is 0 Å². The van der Waals surface area contributed by atoms with E-state index < -0.39 is 6.04 Å². The maximum absolute atomic E-state index is 13.3. The Bertz CT molecular complexity index is 779. The first-order chi connectivity index (χ1) is 13.2. The number of hydrogen-bond acceptors (Lipinski definition) is 3. The van der Waals surface area contributed by atoms with Crippen molar-refractivity contribution in [3.8, 4) is 0 Å². The lowest BCUT2D eigenvalue weighted by Crippen LogP contribution is -2.46. The highest BCUT2D eigenvalue weighted by Crippen LogP contribution is 2.30. The van der Waals surface area contributed by atoms with Crippen molar-refractivity contribution in [3.05, 3.63) is 65.7 Å². The number of methoxy groups -OCH3 is 1. The second-order valence-corrected chi connectivity index (χ2v) is 6.46. The van der Waals surface area contributed by atoms with E-state index in [0.717, 1.165) is 23.2 Å². The van der Waals surface area contributed by atoms with E-state index in [1.807, 2.05) is 54.6 Å². The summed E-state index contributed by atoms with van der Waals surface area (Å²) in [6.45, 7) is 1.69. The van der Waals surface area contributed by atoms with Crippen molar-refractivity contribution >= 4 is 17.6 Å². The number of anilines is 1. The first kappa shape index (κ1) is 18.9. The summed E-state index contributed by atoms with van der Waals surface area (Å²) >= 11 is 0. The number of nitrogens with one attached hydrogen (secondary N) is 2. The monoisotopic (exact) mass is 367 g/mol. The van der Waals surface area contributed by atoms with E-state index in [1.54, 1.807) is 12.0 Å². The molecule has 0 aromatic heterocycles. The van der Waals surface area contributed by atoms with E-state index in [-0.39, 0.29) is 11.9 Å². The van der Waals surface area contributed by atoms with Crippen molar-refractivity contribution in [2.45, 2.75) is 18.9 Å². The Balaban J connectivity index is 1.75. The second-order valence-electron chi connectivity index (χ2n) is 6.46. The standard InChI is InChI=1S/C21H25N3O3/c1-27-15-7-13-22-21(26)23-19(17-9-3-2-4-10-17)20(25)24-14-12-16-8-5-6-11-18(16)24/h2-6,8-11,19H,7,12-15H2,1H3,(H2,22,23,26)/t19-/m0/s1. The van der Waals surface area contributed by atoms with Crippen LogP contribution in [0, 0.1) is 0 Å². The van der Waals surface area contributed by atoms with Crippen molar-refractivity contribution in [1.29, 1.82) is 0 Å². The van der Waals surface area contributed by atoms with Gasteiger partial charge < -0.3 is 20.3 Å². The fourth-order valence-corrected chi connectivity index (χ4v) is 3.26. The molecule has 0 fully saturated rings. The molecule has 2 aromatic rings. The summed E-state index contributed by atoms with van der Waals surface area (Å²) in [5.41, 5.74) is 2.84. The Hall–Kier alpha value is -2.86. The minimum absolute atomic E-state index is 0.127. The van der Waals surface area contributed by atoms with E-state index in [1.165, 1.54) is 0 Å². The van der Waals surface area contributed by atoms with Crippen molar-refractivity contribution in [1.82, 2.24) is 10.6 Å². The van der Waals surface area contributed by atoms with Crippen LogP contribution in [0.1, 0.15) is 23.6 Å². The summed E-state index contributed by atoms with van der Waals surface area (Å²) in [6.07, 6.45) is 1.54. The van der Waals surface area contributed by atoms with Crippen molar-refractivity contribution in [2.24, 2.45) is 0 Å². The third-order valence-corrected chi connectivity index (χ3v) is 4.62. The van der Waals surface area contributed by atoms with Gasteiger partial charge in [-0.3, -0.25) is 4.79 Å². The number of hydrogen-bond donors (Lipinski definition) is 2. The summed E-state index contributed by atoms with van der Waals surface area (Å²) in [5, 5.41) is 5.62. The van der Waals surface area contributed by atoms with Gasteiger partial charge in [-0.15, -0.1) is 0 Å². The van der Waals surface area contributed by atoms with Crippen LogP contribution in [0.4, 0.5) is 10.5 Å². The smallest absolute Gasteiger partial charge is 0.315 e. The number of benzene rings is 2. The Kier molecular flexibility index (Phi) is 6.44. The van der Waals surface area contributed by atoms with Gasteiger partial charge in [0.2, 0.25) is 0 Å². The van der Waals surface area contributed by atoms with Crippen LogP contribution in [0.2, 0.25) is 0 Å². The number of nitrogens with zero attached hydrogens (tertiary/aromatic N) is 1. The highest BCUT2D eigenvalue weighted by Gasteiger charge is 2.31. The molecule has 6 heteroatoms. The van der Waals surface area contributed by atoms with Crippen LogP contribution < -0.4 is 15.5 Å². The molecule has 27 heavy (non-hydrogen) atoms. The summed E-state index contributed by atoms with van der Waals surface area (Å²) in [4.78, 5) is 27.4. The highest BCUT2D eigenvalue weighted by atomic mass is 16.5. The van der Waals surface area contributed by atoms with E-state index in [9.17, 15) is 9.59 Å². The molecule has 142 valence electrons. The van der Waals surface area contributed by atoms with Crippen LogP contribution in [-0.4, -0.2) is 38.7 Å². The largest absolute Gasteiger partial charge is 0.385 e. The average molecular weight is 367 g/mol. The molecule has 0 saturated carbocycles. The summed E-state index contributed by atoms with van der Waals surface area (Å²) < 4.78 is 4.98. The minimum atomic E-state index is -0.736. The predicted octanol–water partition coefficient (Wildman–Crippen LogP) is 2.65. The van der Waals surface area contributed by atoms with Gasteiger partial charge in [-0.05, 0) is 30.0 Å². The predicted molar refractivity (Wildman–Crippen MR) is 105 cm³/mol. The molecule has 0 bridgehead atoms. The number of rotatable bonds is 7. The number of ether oxygens (including phenoxy) is 1. The lowest BCUT2D eigenvalue weighted by molar-refractivity contribution is -0.120. The average Bonchev–Trinajstić information content (AvgIpc) is 3.14. The fourth-order valence-electron chi connectivity index (χ4n) is 3.26. The molecule has 0 unspecified atom stereocenters. The SMILES string of the molecule is COCCCNC(=O)N[C@H](C(=O)N1CCc2ccccc21)c1ccccc1. The molecule has 0 radical (unpaired) electrons. The highest BCUT2D eigenvalue weighted by molar-refractivity contribution is 6.01. The lowest BCUT2D eigenvalue weighted by atomic mass is 10.1. The molecule has 2 N–H and O–H groups in total. The molecule has 0 aliphatic carbocycles. The Morgan fingerprint density at radius 1 is 1.11 bits per heavy atom. The molecule has 0 spiro atoms. The zero-order valence-electron chi connectivity index (χ0n) is 15.5. The maximum atomic E-state index is 13.3. The normalized spacial score (nSPS) is 13.7. The first-order valence-electron chi connectivity index (χ1n) is 9.18. The van der Waals surface area contributed by atoms with E-state index in [0.29, 0.717) is 26.1 Å². The minimum Gasteiger partial charge on any atom is -0.385 e. The van der Waals surface area contributed by atoms with Gasteiger partial charge in [0.15, 0.2) is 0 Å². The van der Waals surface area contributed by atoms with Crippen LogP contribution >= 0.6 is 0 Å². The van der Waals surface area contributed by atoms with Gasteiger partial charge in [-0.25, -0.2) is 4.79 Å². The zero-order chi connectivity index (χ0) is 19.1. The first-order valence-corrected chi connectivity index (χ1v) is 9.18. The van der Waals surface area contributed by atoms with Gasteiger partial charge >= 0.3 is 6.03 Å². The van der Waals surface area contributed by atoms with Gasteiger partial charge in [0.25, 0.3) is 5.91 Å². The topological polar surface area (TPSA) is 70.7 Å². The van der Waals surface area contributed by atoms with Crippen LogP contribution in [0.3, 0.4) is 0 Å². The van der Waals surface area contributed by atoms with E-state index in [4.69, 9.17) is 4.74 Å². The molecule has 3 amide bonds. The second kappa shape index (κ2) is 9.19. The van der Waals surface area contributed by atoms with Gasteiger partial charge in [0.05, 0.1) is 0 Å². The molecule has 1 aliphatic heterocycles. The van der Waals surface area contributed by atoms with Crippen molar-refractivity contribution in [3.63, 3.8) is 0 Å². The van der Waals surface area contributed by atoms with Crippen LogP contribution in [0.5, 0.6) is 0 Å². The van der Waals surface area contributed by atoms with Gasteiger partial charge in [-0.1, -0.05) is 48.5 Å². The van der Waals surface area contributed by atoms with Gasteiger partial charge in [0, 0.05) is 32.5 Å². The van der Waals surface area contributed by atoms with Crippen molar-refractivity contribution < 1.29 is 14.3 Å². The molecular formula is C21H25N3O3. The lowest BCUT2D eigenvalue weighted by Gasteiger charge is -2.25. The third kappa shape index (κ3) is 4.65. The Labute approximate surface area is 159 Å². The zero-order valence-corrected chi connectivity index (χ0v) is 15.5. The van der Waals surface area contributed by atoms with Crippen LogP contribution in [0.15, 0.2) is 54.6 Å². The molecule has 1 heterocycles. The molecule has 0 saturated heterocycles. The summed E-state index contributed by atoms with van der Waals surface area (Å²) in [5.74, 6) is -0.127. The molecule has 6 nitrogen and oxygen atoms in total. The summed E-state index contributed by atoms with van der Waals surface area (Å²) in [7, 11) is 1.62. The van der Waals surface area contributed by atoms with Gasteiger partial charge in [0.1, 0.15) is 6.04 Å². The number of para-hydroxylation sites is 1. The molecule has 1 atom stereocenters. The maximum Gasteiger partial charge on any atom is 0.315 e. The quantitative estimate of drug-likeness (QED) is 0.739. The van der Waals surface area contributed by atoms with Crippen molar-refractivity contribution in [2.75, 3.05) is 31.7 Å². The Morgan fingerprint density at radius 3 is 2.63 bits per heavy atom. The van der Waals surface area contributed by atoms with E-state index >= 15 is 0 Å². The number of carbonyl (C=O) groups excluding carboxylic acids is 2. The number of carbonyl (C=O) groups is 2. The molecule has 1 aliphatic rings. The number of amides is 3. The van der Waals surface area contributed by atoms with E-state index in [2.05, 4.69) is 10.6 Å². The summed E-state index contributed by atoms with van der Waals surface area (Å²) in [6, 6.07) is 16.1. The van der Waals surface area contributed by atoms with Gasteiger partial charge in [-0.2, -0.15) is 0 Å². The van der Waals surface area contributed by atoms with Crippen LogP contribution in [-0.2, 0) is 16.0 Å². The molecular weight excluding hydrogens is 342 g/mol. The third-order valence-electron chi connectivity index (χ3n) is 4.62. The molecule has 3 rings (SSSR count). The Morgan fingerprint density at radius 2 is 1.85 bits per heavy atom. The number of fused-ring (bicyclic) bond motifs is 1. The molecule has 2 aromatic carbocycles. The number of urea groups is 1. The fraction of sp³-hybridized carbons (Fsp3) is 0.333.